The first kappa shape index (κ1) is 16.5. The molecule has 0 spiro atoms. The van der Waals surface area contributed by atoms with Crippen molar-refractivity contribution in [3.63, 3.8) is 0 Å². The zero-order valence-electron chi connectivity index (χ0n) is 11.7. The van der Waals surface area contributed by atoms with Gasteiger partial charge in [0, 0.05) is 15.4 Å². The molecule has 0 radical (unpaired) electrons. The predicted octanol–water partition coefficient (Wildman–Crippen LogP) is 3.74. The number of hydrogen-bond acceptors (Lipinski definition) is 3. The van der Waals surface area contributed by atoms with E-state index in [2.05, 4.69) is 15.9 Å². The molecule has 1 fully saturated rings. The van der Waals surface area contributed by atoms with Gasteiger partial charge in [0.2, 0.25) is 0 Å². The summed E-state index contributed by atoms with van der Waals surface area (Å²) in [5, 5.41) is 8.84. The third-order valence-electron chi connectivity index (χ3n) is 3.99. The van der Waals surface area contributed by atoms with Crippen LogP contribution in [0.2, 0.25) is 5.02 Å². The summed E-state index contributed by atoms with van der Waals surface area (Å²) >= 11 is 9.09. The molecule has 1 aliphatic carbocycles. The number of rotatable bonds is 4. The Labute approximate surface area is 147 Å². The minimum Gasteiger partial charge on any atom is -0.481 e. The summed E-state index contributed by atoms with van der Waals surface area (Å²) in [6.07, 6.45) is 0. The molecular weight excluding hydrogens is 404 g/mol. The number of carboxylic acids is 1. The van der Waals surface area contributed by atoms with E-state index in [1.807, 2.05) is 0 Å². The fraction of sp³-hybridized carbons (Fsp3) is 0.188. The van der Waals surface area contributed by atoms with Gasteiger partial charge in [-0.25, -0.2) is 8.42 Å². The summed E-state index contributed by atoms with van der Waals surface area (Å²) in [7, 11) is -3.74. The summed E-state index contributed by atoms with van der Waals surface area (Å²) in [4.78, 5) is 11.6. The third-order valence-corrected chi connectivity index (χ3v) is 7.01. The summed E-state index contributed by atoms with van der Waals surface area (Å²) < 4.78 is 26.4. The van der Waals surface area contributed by atoms with Gasteiger partial charge in [-0.3, -0.25) is 4.79 Å². The molecule has 0 heterocycles. The molecule has 0 amide bonds. The quantitative estimate of drug-likeness (QED) is 0.825. The Morgan fingerprint density at radius 1 is 1.04 bits per heavy atom. The predicted molar refractivity (Wildman–Crippen MR) is 90.4 cm³/mol. The second-order valence-corrected chi connectivity index (χ2v) is 8.86. The lowest BCUT2D eigenvalue weighted by molar-refractivity contribution is -0.138. The van der Waals surface area contributed by atoms with Crippen LogP contribution < -0.4 is 0 Å². The first-order chi connectivity index (χ1) is 10.8. The lowest BCUT2D eigenvalue weighted by atomic mass is 10.1. The maximum absolute atomic E-state index is 12.8. The normalized spacial score (nSPS) is 23.5. The molecule has 0 aromatic heterocycles. The Morgan fingerprint density at radius 2 is 1.61 bits per heavy atom. The number of aliphatic carboxylic acids is 1. The van der Waals surface area contributed by atoms with Gasteiger partial charge < -0.3 is 5.11 Å². The van der Waals surface area contributed by atoms with Gasteiger partial charge in [-0.15, -0.1) is 0 Å². The van der Waals surface area contributed by atoms with Gasteiger partial charge in [0.05, 0.1) is 16.1 Å². The highest BCUT2D eigenvalue weighted by atomic mass is 79.9. The number of carbonyl (C=O) groups is 1. The van der Waals surface area contributed by atoms with Crippen molar-refractivity contribution >= 4 is 43.3 Å². The number of benzene rings is 2. The zero-order valence-corrected chi connectivity index (χ0v) is 14.8. The highest BCUT2D eigenvalue weighted by Crippen LogP contribution is 2.54. The van der Waals surface area contributed by atoms with Crippen LogP contribution in [0.1, 0.15) is 11.5 Å². The first-order valence-electron chi connectivity index (χ1n) is 6.80. The van der Waals surface area contributed by atoms with Crippen molar-refractivity contribution in [3.05, 3.63) is 63.6 Å². The highest BCUT2D eigenvalue weighted by Gasteiger charge is 2.63. The molecule has 1 aliphatic rings. The lowest BCUT2D eigenvalue weighted by Gasteiger charge is -2.04. The van der Waals surface area contributed by atoms with E-state index in [0.29, 0.717) is 10.6 Å². The van der Waals surface area contributed by atoms with E-state index in [0.717, 1.165) is 4.47 Å². The van der Waals surface area contributed by atoms with Crippen LogP contribution >= 0.6 is 27.5 Å². The summed E-state index contributed by atoms with van der Waals surface area (Å²) in [6.45, 7) is 0. The molecule has 0 aliphatic heterocycles. The SMILES string of the molecule is O=C(O)[C@@H]1[C@@H](c2ccc(Br)cc2)[C@H]1S(=O)(=O)c1ccc(Cl)cc1. The smallest absolute Gasteiger partial charge is 0.308 e. The molecule has 0 unspecified atom stereocenters. The van der Waals surface area contributed by atoms with Crippen molar-refractivity contribution in [2.24, 2.45) is 5.92 Å². The van der Waals surface area contributed by atoms with Crippen molar-refractivity contribution in [2.75, 3.05) is 0 Å². The van der Waals surface area contributed by atoms with Gasteiger partial charge in [0.1, 0.15) is 0 Å². The topological polar surface area (TPSA) is 71.4 Å². The maximum atomic E-state index is 12.8. The van der Waals surface area contributed by atoms with E-state index in [1.165, 1.54) is 24.3 Å². The highest BCUT2D eigenvalue weighted by molar-refractivity contribution is 9.10. The molecule has 7 heteroatoms. The van der Waals surface area contributed by atoms with Crippen LogP contribution in [0.4, 0.5) is 0 Å². The van der Waals surface area contributed by atoms with Gasteiger partial charge in [-0.2, -0.15) is 0 Å². The Bertz CT molecular complexity index is 847. The second kappa shape index (κ2) is 5.92. The van der Waals surface area contributed by atoms with E-state index < -0.39 is 32.9 Å². The number of halogens is 2. The molecule has 2 aromatic rings. The van der Waals surface area contributed by atoms with Crippen LogP contribution in [0.15, 0.2) is 57.9 Å². The fourth-order valence-corrected chi connectivity index (χ4v) is 5.34. The van der Waals surface area contributed by atoms with E-state index in [1.54, 1.807) is 24.3 Å². The molecule has 120 valence electrons. The number of hydrogen-bond donors (Lipinski definition) is 1. The molecule has 0 saturated heterocycles. The molecule has 2 aromatic carbocycles. The van der Waals surface area contributed by atoms with Crippen LogP contribution in [0.3, 0.4) is 0 Å². The van der Waals surface area contributed by atoms with Gasteiger partial charge in [0.15, 0.2) is 9.84 Å². The van der Waals surface area contributed by atoms with Crippen LogP contribution in [0.25, 0.3) is 0 Å². The van der Waals surface area contributed by atoms with Crippen LogP contribution in [0, 0.1) is 5.92 Å². The maximum Gasteiger partial charge on any atom is 0.308 e. The standard InChI is InChI=1S/C16H12BrClO4S/c17-10-3-1-9(2-4-10)13-14(16(19)20)15(13)23(21,22)12-7-5-11(18)6-8-12/h1-8,13-15H,(H,19,20)/t13-,14-,15-/m1/s1. The molecule has 0 bridgehead atoms. The van der Waals surface area contributed by atoms with Crippen LogP contribution in [-0.2, 0) is 14.6 Å². The molecule has 3 atom stereocenters. The molecule has 1 saturated carbocycles. The van der Waals surface area contributed by atoms with Crippen molar-refractivity contribution in [3.8, 4) is 0 Å². The van der Waals surface area contributed by atoms with Crippen molar-refractivity contribution < 1.29 is 18.3 Å². The van der Waals surface area contributed by atoms with Crippen molar-refractivity contribution in [1.82, 2.24) is 0 Å². The minimum absolute atomic E-state index is 0.0951. The Hall–Kier alpha value is -1.37. The molecule has 1 N–H and O–H groups in total. The fourth-order valence-electron chi connectivity index (χ4n) is 2.83. The lowest BCUT2D eigenvalue weighted by Crippen LogP contribution is -2.13. The van der Waals surface area contributed by atoms with Crippen molar-refractivity contribution in [2.45, 2.75) is 16.1 Å². The Balaban J connectivity index is 1.98. The number of sulfone groups is 1. The van der Waals surface area contributed by atoms with E-state index in [4.69, 9.17) is 11.6 Å². The van der Waals surface area contributed by atoms with Gasteiger partial charge >= 0.3 is 5.97 Å². The molecule has 3 rings (SSSR count). The Morgan fingerprint density at radius 3 is 2.13 bits per heavy atom. The molecule has 4 nitrogen and oxygen atoms in total. The van der Waals surface area contributed by atoms with Gasteiger partial charge in [-0.1, -0.05) is 39.7 Å². The van der Waals surface area contributed by atoms with E-state index >= 15 is 0 Å². The summed E-state index contributed by atoms with van der Waals surface area (Å²) in [5.74, 6) is -2.57. The second-order valence-electron chi connectivity index (χ2n) is 5.40. The number of carboxylic acid groups (broad SMARTS) is 1. The van der Waals surface area contributed by atoms with E-state index in [-0.39, 0.29) is 4.90 Å². The van der Waals surface area contributed by atoms with Gasteiger partial charge in [-0.05, 0) is 42.0 Å². The van der Waals surface area contributed by atoms with Gasteiger partial charge in [0.25, 0.3) is 0 Å². The molecule has 23 heavy (non-hydrogen) atoms. The Kier molecular flexibility index (Phi) is 4.25. The van der Waals surface area contributed by atoms with Crippen molar-refractivity contribution in [1.29, 1.82) is 0 Å². The zero-order chi connectivity index (χ0) is 16.8. The summed E-state index contributed by atoms with van der Waals surface area (Å²) in [5.41, 5.74) is 0.711. The average Bonchev–Trinajstić information content (AvgIpc) is 3.25. The van der Waals surface area contributed by atoms with Crippen LogP contribution in [-0.4, -0.2) is 24.7 Å². The molecular formula is C16H12BrClO4S. The van der Waals surface area contributed by atoms with E-state index in [9.17, 15) is 18.3 Å². The largest absolute Gasteiger partial charge is 0.481 e. The monoisotopic (exact) mass is 414 g/mol. The third kappa shape index (κ3) is 3.03. The first-order valence-corrected chi connectivity index (χ1v) is 9.52. The average molecular weight is 416 g/mol. The summed E-state index contributed by atoms with van der Waals surface area (Å²) in [6, 6.07) is 12.9. The minimum atomic E-state index is -3.74. The van der Waals surface area contributed by atoms with Crippen LogP contribution in [0.5, 0.6) is 0 Å².